The molecule has 13 heavy (non-hydrogen) atoms. The minimum absolute atomic E-state index is 0. The normalized spacial score (nSPS) is 10.1. The molecule has 0 amide bonds. The van der Waals surface area contributed by atoms with Gasteiger partial charge >= 0.3 is 0 Å². The van der Waals surface area contributed by atoms with Gasteiger partial charge < -0.3 is 17.7 Å². The van der Waals surface area contributed by atoms with Crippen LogP contribution in [-0.4, -0.2) is 6.54 Å². The van der Waals surface area contributed by atoms with Gasteiger partial charge in [-0.25, -0.2) is 0 Å². The SMILES string of the molecule is CC(C)CCNCc1cccs1.[Cl-]. The van der Waals surface area contributed by atoms with Gasteiger partial charge in [0.15, 0.2) is 0 Å². The minimum atomic E-state index is 0. The summed E-state index contributed by atoms with van der Waals surface area (Å²) in [6.07, 6.45) is 1.27. The van der Waals surface area contributed by atoms with E-state index >= 15 is 0 Å². The van der Waals surface area contributed by atoms with Crippen LogP contribution >= 0.6 is 11.3 Å². The standard InChI is InChI=1S/C10H17NS.ClH/c1-9(2)5-6-11-8-10-4-3-7-12-10;/h3-4,7,9,11H,5-6,8H2,1-2H3;1H/p-1. The Morgan fingerprint density at radius 3 is 2.77 bits per heavy atom. The quantitative estimate of drug-likeness (QED) is 0.681. The van der Waals surface area contributed by atoms with Crippen molar-refractivity contribution >= 4 is 11.3 Å². The molecule has 0 spiro atoms. The molecule has 1 rings (SSSR count). The Balaban J connectivity index is 0.00000144. The van der Waals surface area contributed by atoms with Gasteiger partial charge in [-0.2, -0.15) is 0 Å². The second kappa shape index (κ2) is 7.36. The molecule has 0 atom stereocenters. The third kappa shape index (κ3) is 6.08. The van der Waals surface area contributed by atoms with E-state index in [1.54, 1.807) is 0 Å². The highest BCUT2D eigenvalue weighted by molar-refractivity contribution is 7.09. The van der Waals surface area contributed by atoms with E-state index < -0.39 is 0 Å². The maximum Gasteiger partial charge on any atom is 0.0299 e. The van der Waals surface area contributed by atoms with Gasteiger partial charge in [-0.05, 0) is 30.3 Å². The van der Waals surface area contributed by atoms with Crippen molar-refractivity contribution in [3.05, 3.63) is 22.4 Å². The van der Waals surface area contributed by atoms with Crippen molar-refractivity contribution < 1.29 is 12.4 Å². The first-order chi connectivity index (χ1) is 5.79. The van der Waals surface area contributed by atoms with Crippen LogP contribution in [0.3, 0.4) is 0 Å². The van der Waals surface area contributed by atoms with Gasteiger partial charge in [-0.1, -0.05) is 19.9 Å². The van der Waals surface area contributed by atoms with Crippen molar-refractivity contribution in [2.75, 3.05) is 6.54 Å². The summed E-state index contributed by atoms with van der Waals surface area (Å²) in [5.74, 6) is 0.806. The van der Waals surface area contributed by atoms with E-state index in [0.717, 1.165) is 19.0 Å². The molecule has 0 aliphatic rings. The fourth-order valence-electron chi connectivity index (χ4n) is 1.02. The molecule has 0 radical (unpaired) electrons. The van der Waals surface area contributed by atoms with E-state index in [1.807, 2.05) is 11.3 Å². The Morgan fingerprint density at radius 2 is 2.23 bits per heavy atom. The summed E-state index contributed by atoms with van der Waals surface area (Å²) in [4.78, 5) is 1.43. The first kappa shape index (κ1) is 12.9. The fraction of sp³-hybridized carbons (Fsp3) is 0.600. The van der Waals surface area contributed by atoms with E-state index in [1.165, 1.54) is 11.3 Å². The lowest BCUT2D eigenvalue weighted by Crippen LogP contribution is -3.00. The molecule has 0 aliphatic carbocycles. The summed E-state index contributed by atoms with van der Waals surface area (Å²) in [7, 11) is 0. The summed E-state index contributed by atoms with van der Waals surface area (Å²) in [5.41, 5.74) is 0. The van der Waals surface area contributed by atoms with E-state index in [-0.39, 0.29) is 12.4 Å². The number of rotatable bonds is 5. The van der Waals surface area contributed by atoms with E-state index in [0.29, 0.717) is 0 Å². The highest BCUT2D eigenvalue weighted by Gasteiger charge is 1.94. The number of halogens is 1. The zero-order valence-corrected chi connectivity index (χ0v) is 9.79. The molecule has 0 bridgehead atoms. The molecule has 0 unspecified atom stereocenters. The fourth-order valence-corrected chi connectivity index (χ4v) is 1.69. The smallest absolute Gasteiger partial charge is 0.0299 e. The molecule has 1 aromatic heterocycles. The summed E-state index contributed by atoms with van der Waals surface area (Å²) < 4.78 is 0. The van der Waals surface area contributed by atoms with Crippen LogP contribution < -0.4 is 17.7 Å². The number of hydrogen-bond acceptors (Lipinski definition) is 2. The molecule has 1 N–H and O–H groups in total. The summed E-state index contributed by atoms with van der Waals surface area (Å²) >= 11 is 1.82. The third-order valence-electron chi connectivity index (χ3n) is 1.78. The lowest BCUT2D eigenvalue weighted by Gasteiger charge is -2.04. The van der Waals surface area contributed by atoms with Crippen LogP contribution in [0.25, 0.3) is 0 Å². The Bertz CT molecular complexity index is 197. The van der Waals surface area contributed by atoms with Gasteiger partial charge in [-0.3, -0.25) is 0 Å². The zero-order valence-electron chi connectivity index (χ0n) is 8.22. The second-order valence-electron chi connectivity index (χ2n) is 3.44. The zero-order chi connectivity index (χ0) is 8.81. The maximum absolute atomic E-state index is 3.43. The van der Waals surface area contributed by atoms with Crippen molar-refractivity contribution in [3.8, 4) is 0 Å². The van der Waals surface area contributed by atoms with Crippen LogP contribution in [0.1, 0.15) is 25.1 Å². The monoisotopic (exact) mass is 218 g/mol. The molecular weight excluding hydrogens is 202 g/mol. The average Bonchev–Trinajstić information content (AvgIpc) is 2.49. The minimum Gasteiger partial charge on any atom is -1.00 e. The van der Waals surface area contributed by atoms with Gasteiger partial charge in [0.2, 0.25) is 0 Å². The number of hydrogen-bond donors (Lipinski definition) is 1. The second-order valence-corrected chi connectivity index (χ2v) is 4.47. The molecule has 3 heteroatoms. The predicted octanol–water partition coefficient (Wildman–Crippen LogP) is -0.112. The van der Waals surface area contributed by atoms with E-state index in [4.69, 9.17) is 0 Å². The predicted molar refractivity (Wildman–Crippen MR) is 55.5 cm³/mol. The van der Waals surface area contributed by atoms with Crippen LogP contribution in [-0.2, 0) is 6.54 Å². The van der Waals surface area contributed by atoms with Crippen LogP contribution in [0.15, 0.2) is 17.5 Å². The maximum atomic E-state index is 3.43. The molecule has 0 aliphatic heterocycles. The van der Waals surface area contributed by atoms with Crippen molar-refractivity contribution in [1.29, 1.82) is 0 Å². The van der Waals surface area contributed by atoms with Gasteiger partial charge in [0.1, 0.15) is 0 Å². The number of thiophene rings is 1. The third-order valence-corrected chi connectivity index (χ3v) is 2.65. The molecule has 76 valence electrons. The van der Waals surface area contributed by atoms with Crippen LogP contribution in [0.5, 0.6) is 0 Å². The highest BCUT2D eigenvalue weighted by atomic mass is 35.5. The molecule has 0 fully saturated rings. The molecule has 0 saturated heterocycles. The van der Waals surface area contributed by atoms with Crippen LogP contribution in [0.2, 0.25) is 0 Å². The van der Waals surface area contributed by atoms with Crippen LogP contribution in [0, 0.1) is 5.92 Å². The van der Waals surface area contributed by atoms with E-state index in [2.05, 4.69) is 36.7 Å². The first-order valence-corrected chi connectivity index (χ1v) is 5.40. The first-order valence-electron chi connectivity index (χ1n) is 4.52. The number of nitrogens with one attached hydrogen (secondary N) is 1. The molecular formula is C10H17ClNS-. The van der Waals surface area contributed by atoms with Crippen molar-refractivity contribution in [2.45, 2.75) is 26.8 Å². The summed E-state index contributed by atoms with van der Waals surface area (Å²) in [5, 5.41) is 5.55. The molecule has 1 nitrogen and oxygen atoms in total. The molecule has 0 aromatic carbocycles. The van der Waals surface area contributed by atoms with E-state index in [9.17, 15) is 0 Å². The molecule has 1 aromatic rings. The Kier molecular flexibility index (Phi) is 7.33. The molecule has 0 saturated carbocycles. The lowest BCUT2D eigenvalue weighted by molar-refractivity contribution is -0.00000269. The van der Waals surface area contributed by atoms with Crippen molar-refractivity contribution in [1.82, 2.24) is 5.32 Å². The van der Waals surface area contributed by atoms with Crippen LogP contribution in [0.4, 0.5) is 0 Å². The summed E-state index contributed by atoms with van der Waals surface area (Å²) in [6, 6.07) is 4.27. The lowest BCUT2D eigenvalue weighted by atomic mass is 10.1. The van der Waals surface area contributed by atoms with Gasteiger partial charge in [0.05, 0.1) is 0 Å². The summed E-state index contributed by atoms with van der Waals surface area (Å²) in [6.45, 7) is 6.68. The van der Waals surface area contributed by atoms with Crippen molar-refractivity contribution in [2.24, 2.45) is 5.92 Å². The van der Waals surface area contributed by atoms with Gasteiger partial charge in [0, 0.05) is 11.4 Å². The van der Waals surface area contributed by atoms with Gasteiger partial charge in [-0.15, -0.1) is 11.3 Å². The van der Waals surface area contributed by atoms with Gasteiger partial charge in [0.25, 0.3) is 0 Å². The average molecular weight is 219 g/mol. The topological polar surface area (TPSA) is 12.0 Å². The van der Waals surface area contributed by atoms with Crippen molar-refractivity contribution in [3.63, 3.8) is 0 Å². The Labute approximate surface area is 91.0 Å². The Hall–Kier alpha value is -0.0500. The largest absolute Gasteiger partial charge is 1.00 e. The Morgan fingerprint density at radius 1 is 1.46 bits per heavy atom. The highest BCUT2D eigenvalue weighted by Crippen LogP contribution is 2.07. The molecule has 1 heterocycles.